The maximum absolute atomic E-state index is 13.0. The van der Waals surface area contributed by atoms with Gasteiger partial charge in [0, 0.05) is 25.4 Å². The van der Waals surface area contributed by atoms with Gasteiger partial charge >= 0.3 is 6.61 Å². The number of halogens is 2. The molecule has 27 heavy (non-hydrogen) atoms. The first-order valence-electron chi connectivity index (χ1n) is 9.69. The molecule has 7 heteroatoms. The first-order chi connectivity index (χ1) is 13.0. The summed E-state index contributed by atoms with van der Waals surface area (Å²) in [5, 5.41) is 0. The van der Waals surface area contributed by atoms with Crippen molar-refractivity contribution in [1.29, 1.82) is 0 Å². The molecule has 5 nitrogen and oxygen atoms in total. The minimum Gasteiger partial charge on any atom is -0.435 e. The molecular formula is C20H28F2N2O3. The zero-order chi connectivity index (χ0) is 19.2. The van der Waals surface area contributed by atoms with E-state index in [-0.39, 0.29) is 17.7 Å². The summed E-state index contributed by atoms with van der Waals surface area (Å²) >= 11 is 0. The highest BCUT2D eigenvalue weighted by Gasteiger charge is 2.32. The molecule has 2 fully saturated rings. The molecule has 0 spiro atoms. The molecule has 0 bridgehead atoms. The molecule has 1 atom stereocenters. The average Bonchev–Trinajstić information content (AvgIpc) is 2.67. The van der Waals surface area contributed by atoms with E-state index >= 15 is 0 Å². The summed E-state index contributed by atoms with van der Waals surface area (Å²) in [5.74, 6) is 0.861. The Kier molecular flexibility index (Phi) is 7.01. The fourth-order valence-electron chi connectivity index (χ4n) is 3.91. The zero-order valence-electron chi connectivity index (χ0n) is 15.8. The van der Waals surface area contributed by atoms with Crippen molar-refractivity contribution in [2.75, 3.05) is 38.3 Å². The number of amides is 1. The van der Waals surface area contributed by atoms with E-state index in [0.717, 1.165) is 57.6 Å². The number of alkyl halides is 2. The van der Waals surface area contributed by atoms with Gasteiger partial charge in [0.15, 0.2) is 0 Å². The van der Waals surface area contributed by atoms with Crippen LogP contribution in [0.5, 0.6) is 5.75 Å². The maximum atomic E-state index is 13.0. The summed E-state index contributed by atoms with van der Waals surface area (Å²) < 4.78 is 34.4. The van der Waals surface area contributed by atoms with Crippen molar-refractivity contribution >= 4 is 11.6 Å². The number of rotatable bonds is 7. The average molecular weight is 382 g/mol. The van der Waals surface area contributed by atoms with Crippen molar-refractivity contribution in [3.8, 4) is 5.75 Å². The van der Waals surface area contributed by atoms with Crippen LogP contribution in [0.2, 0.25) is 0 Å². The van der Waals surface area contributed by atoms with E-state index in [9.17, 15) is 13.6 Å². The summed E-state index contributed by atoms with van der Waals surface area (Å²) in [6.07, 6.45) is 5.07. The maximum Gasteiger partial charge on any atom is 0.387 e. The van der Waals surface area contributed by atoms with Gasteiger partial charge in [-0.15, -0.1) is 0 Å². The largest absolute Gasteiger partial charge is 0.435 e. The smallest absolute Gasteiger partial charge is 0.387 e. The summed E-state index contributed by atoms with van der Waals surface area (Å²) in [6.45, 7) is 0.390. The molecule has 0 N–H and O–H groups in total. The second-order valence-electron chi connectivity index (χ2n) is 7.35. The highest BCUT2D eigenvalue weighted by atomic mass is 19.3. The zero-order valence-corrected chi connectivity index (χ0v) is 15.8. The molecule has 1 aromatic rings. The number of benzene rings is 1. The first kappa shape index (κ1) is 20.0. The lowest BCUT2D eigenvalue weighted by Gasteiger charge is -2.37. The number of hydrogen-bond acceptors (Lipinski definition) is 4. The van der Waals surface area contributed by atoms with Gasteiger partial charge in [-0.3, -0.25) is 9.69 Å². The number of piperidine rings is 1. The van der Waals surface area contributed by atoms with Crippen molar-refractivity contribution in [1.82, 2.24) is 4.90 Å². The van der Waals surface area contributed by atoms with E-state index < -0.39 is 6.61 Å². The van der Waals surface area contributed by atoms with Gasteiger partial charge in [0.1, 0.15) is 5.75 Å². The number of ether oxygens (including phenoxy) is 2. The van der Waals surface area contributed by atoms with Crippen LogP contribution < -0.4 is 9.64 Å². The van der Waals surface area contributed by atoms with Gasteiger partial charge in [-0.2, -0.15) is 8.78 Å². The number of carbonyl (C=O) groups is 1. The fraction of sp³-hybridized carbons (Fsp3) is 0.650. The predicted molar refractivity (Wildman–Crippen MR) is 99.2 cm³/mol. The first-order valence-corrected chi connectivity index (χ1v) is 9.69. The van der Waals surface area contributed by atoms with Crippen molar-refractivity contribution in [3.63, 3.8) is 0 Å². The number of hydrogen-bond donors (Lipinski definition) is 0. The second-order valence-corrected chi connectivity index (χ2v) is 7.35. The summed E-state index contributed by atoms with van der Waals surface area (Å²) in [6, 6.07) is 6.16. The van der Waals surface area contributed by atoms with Crippen LogP contribution in [-0.4, -0.2) is 56.8 Å². The SMILES string of the molecule is CN(CCC1CCOCC1)C1CCCN(c2ccc(OC(F)F)cc2)C1=O. The molecule has 2 aliphatic rings. The molecule has 1 unspecified atom stereocenters. The van der Waals surface area contributed by atoms with Crippen LogP contribution in [0.25, 0.3) is 0 Å². The lowest BCUT2D eigenvalue weighted by molar-refractivity contribution is -0.125. The van der Waals surface area contributed by atoms with E-state index in [4.69, 9.17) is 4.74 Å². The minimum atomic E-state index is -2.85. The third-order valence-electron chi connectivity index (χ3n) is 5.55. The number of nitrogens with zero attached hydrogens (tertiary/aromatic N) is 2. The highest BCUT2D eigenvalue weighted by Crippen LogP contribution is 2.27. The lowest BCUT2D eigenvalue weighted by atomic mass is 9.95. The van der Waals surface area contributed by atoms with Crippen LogP contribution in [0, 0.1) is 5.92 Å². The third-order valence-corrected chi connectivity index (χ3v) is 5.55. The molecule has 1 aromatic carbocycles. The Balaban J connectivity index is 1.57. The van der Waals surface area contributed by atoms with Crippen LogP contribution in [-0.2, 0) is 9.53 Å². The quantitative estimate of drug-likeness (QED) is 0.724. The Morgan fingerprint density at radius 3 is 2.59 bits per heavy atom. The number of carbonyl (C=O) groups excluding carboxylic acids is 1. The Labute approximate surface area is 159 Å². The standard InChI is InChI=1S/C20H28F2N2O3/c1-23(12-8-15-9-13-26-14-10-15)18-3-2-11-24(19(18)25)16-4-6-17(7-5-16)27-20(21)22/h4-7,15,18,20H,2-3,8-14H2,1H3. The summed E-state index contributed by atoms with van der Waals surface area (Å²) in [7, 11) is 2.02. The molecule has 0 radical (unpaired) electrons. The van der Waals surface area contributed by atoms with E-state index in [2.05, 4.69) is 9.64 Å². The van der Waals surface area contributed by atoms with E-state index in [1.807, 2.05) is 7.05 Å². The Morgan fingerprint density at radius 1 is 1.22 bits per heavy atom. The molecule has 2 aliphatic heterocycles. The van der Waals surface area contributed by atoms with E-state index in [1.54, 1.807) is 17.0 Å². The summed E-state index contributed by atoms with van der Waals surface area (Å²) in [5.41, 5.74) is 0.726. The van der Waals surface area contributed by atoms with Gasteiger partial charge in [0.25, 0.3) is 0 Å². The minimum absolute atomic E-state index is 0.0817. The van der Waals surface area contributed by atoms with Crippen LogP contribution >= 0.6 is 0 Å². The molecule has 0 saturated carbocycles. The molecular weight excluding hydrogens is 354 g/mol. The molecule has 0 aromatic heterocycles. The van der Waals surface area contributed by atoms with Crippen molar-refractivity contribution in [2.24, 2.45) is 5.92 Å². The lowest BCUT2D eigenvalue weighted by Crippen LogP contribution is -2.51. The van der Waals surface area contributed by atoms with Crippen LogP contribution in [0.4, 0.5) is 14.5 Å². The van der Waals surface area contributed by atoms with Crippen LogP contribution in [0.1, 0.15) is 32.1 Å². The van der Waals surface area contributed by atoms with Crippen molar-refractivity contribution in [2.45, 2.75) is 44.8 Å². The van der Waals surface area contributed by atoms with E-state index in [0.29, 0.717) is 12.5 Å². The normalized spacial score (nSPS) is 21.9. The predicted octanol–water partition coefficient (Wildman–Crippen LogP) is 3.53. The molecule has 2 saturated heterocycles. The molecule has 0 aliphatic carbocycles. The van der Waals surface area contributed by atoms with Gasteiger partial charge in [-0.25, -0.2) is 0 Å². The van der Waals surface area contributed by atoms with Crippen molar-refractivity contribution < 1.29 is 23.0 Å². The van der Waals surface area contributed by atoms with Crippen LogP contribution in [0.3, 0.4) is 0 Å². The molecule has 1 amide bonds. The Bertz CT molecular complexity index is 606. The molecule has 2 heterocycles. The monoisotopic (exact) mass is 382 g/mol. The van der Waals surface area contributed by atoms with Gasteiger partial charge in [0.05, 0.1) is 6.04 Å². The molecule has 150 valence electrons. The Hall–Kier alpha value is -1.73. The highest BCUT2D eigenvalue weighted by molar-refractivity contribution is 5.97. The van der Waals surface area contributed by atoms with Crippen molar-refractivity contribution in [3.05, 3.63) is 24.3 Å². The number of likely N-dealkylation sites (N-methyl/N-ethyl adjacent to an activating group) is 1. The second kappa shape index (κ2) is 9.46. The topological polar surface area (TPSA) is 42.0 Å². The van der Waals surface area contributed by atoms with Gasteiger partial charge in [0.2, 0.25) is 5.91 Å². The van der Waals surface area contributed by atoms with E-state index in [1.165, 1.54) is 12.1 Å². The Morgan fingerprint density at radius 2 is 1.93 bits per heavy atom. The summed E-state index contributed by atoms with van der Waals surface area (Å²) in [4.78, 5) is 16.9. The third kappa shape index (κ3) is 5.39. The van der Waals surface area contributed by atoms with Gasteiger partial charge in [-0.1, -0.05) is 0 Å². The fourth-order valence-corrected chi connectivity index (χ4v) is 3.91. The van der Waals surface area contributed by atoms with Gasteiger partial charge in [-0.05, 0) is 75.9 Å². The van der Waals surface area contributed by atoms with Gasteiger partial charge < -0.3 is 14.4 Å². The molecule has 3 rings (SSSR count). The number of anilines is 1. The van der Waals surface area contributed by atoms with Crippen LogP contribution in [0.15, 0.2) is 24.3 Å².